The Kier molecular flexibility index (Phi) is 4.98. The van der Waals surface area contributed by atoms with Gasteiger partial charge in [0.2, 0.25) is 0 Å². The summed E-state index contributed by atoms with van der Waals surface area (Å²) in [5.41, 5.74) is -4.34. The van der Waals surface area contributed by atoms with Gasteiger partial charge in [-0.15, -0.1) is 0 Å². The van der Waals surface area contributed by atoms with Gasteiger partial charge in [0, 0.05) is 16.7 Å². The van der Waals surface area contributed by atoms with Gasteiger partial charge in [-0.05, 0) is 24.1 Å². The zero-order valence-corrected chi connectivity index (χ0v) is 13.4. The summed E-state index contributed by atoms with van der Waals surface area (Å²) in [6.45, 7) is 1.31. The van der Waals surface area contributed by atoms with Crippen LogP contribution in [0.15, 0.2) is 30.3 Å². The van der Waals surface area contributed by atoms with Crippen molar-refractivity contribution in [2.24, 2.45) is 0 Å². The monoisotopic (exact) mass is 374 g/mol. The maximum Gasteiger partial charge on any atom is 0.417 e. The van der Waals surface area contributed by atoms with E-state index in [2.05, 4.69) is 0 Å². The molecule has 2 aromatic rings. The number of hydrogen-bond donors (Lipinski definition) is 0. The van der Waals surface area contributed by atoms with Crippen LogP contribution in [0, 0.1) is 20.2 Å². The lowest BCUT2D eigenvalue weighted by Crippen LogP contribution is -2.13. The van der Waals surface area contributed by atoms with Gasteiger partial charge in [0.05, 0.1) is 15.4 Å². The van der Waals surface area contributed by atoms with E-state index in [0.29, 0.717) is 6.07 Å². The minimum absolute atomic E-state index is 0.0335. The van der Waals surface area contributed by atoms with Crippen LogP contribution in [0.2, 0.25) is 5.02 Å². The average molecular weight is 375 g/mol. The number of nitro benzene ring substituents is 2. The quantitative estimate of drug-likeness (QED) is 0.529. The second-order valence-electron chi connectivity index (χ2n) is 5.02. The molecule has 0 bridgehead atoms. The Hall–Kier alpha value is -2.68. The molecule has 132 valence electrons. The lowest BCUT2D eigenvalue weighted by molar-refractivity contribution is -0.393. The molecule has 6 nitrogen and oxygen atoms in total. The van der Waals surface area contributed by atoms with Gasteiger partial charge in [-0.3, -0.25) is 20.2 Å². The highest BCUT2D eigenvalue weighted by Crippen LogP contribution is 2.46. The summed E-state index contributed by atoms with van der Waals surface area (Å²) in [6, 6.07) is 5.59. The first-order chi connectivity index (χ1) is 11.6. The maximum atomic E-state index is 13.2. The zero-order valence-electron chi connectivity index (χ0n) is 12.6. The molecule has 0 amide bonds. The number of nitrogens with zero attached hydrogens (tertiary/aromatic N) is 2. The molecule has 0 aromatic heterocycles. The molecule has 0 radical (unpaired) electrons. The number of rotatable bonds is 4. The Bertz CT molecular complexity index is 851. The Labute approximate surface area is 144 Å². The highest BCUT2D eigenvalue weighted by atomic mass is 35.5. The molecule has 0 aliphatic carbocycles. The molecular weight excluding hydrogens is 365 g/mol. The van der Waals surface area contributed by atoms with Crippen LogP contribution in [0.4, 0.5) is 24.5 Å². The third kappa shape index (κ3) is 3.55. The SMILES string of the molecule is CCc1c(C(F)(F)F)cc([N+](=O)[O-])c(-c2ccc(Cl)cc2)c1[N+](=O)[O-]. The molecule has 2 rings (SSSR count). The van der Waals surface area contributed by atoms with Gasteiger partial charge < -0.3 is 0 Å². The molecule has 25 heavy (non-hydrogen) atoms. The van der Waals surface area contributed by atoms with Gasteiger partial charge in [-0.2, -0.15) is 13.2 Å². The van der Waals surface area contributed by atoms with Gasteiger partial charge >= 0.3 is 6.18 Å². The summed E-state index contributed by atoms with van der Waals surface area (Å²) >= 11 is 5.73. The van der Waals surface area contributed by atoms with Crippen LogP contribution in [-0.2, 0) is 12.6 Å². The summed E-state index contributed by atoms with van der Waals surface area (Å²) in [7, 11) is 0. The molecule has 0 fully saturated rings. The second kappa shape index (κ2) is 6.67. The van der Waals surface area contributed by atoms with Crippen molar-refractivity contribution < 1.29 is 23.0 Å². The summed E-state index contributed by atoms with van der Waals surface area (Å²) in [5.74, 6) is 0. The van der Waals surface area contributed by atoms with Crippen LogP contribution < -0.4 is 0 Å². The standard InChI is InChI=1S/C15H10ClF3N2O4/c1-2-10-11(15(17,18)19)7-12(20(22)23)13(14(10)21(24)25)8-3-5-9(16)6-4-8/h3-7H,2H2,1H3. The first-order valence-electron chi connectivity index (χ1n) is 6.89. The number of nitro groups is 2. The van der Waals surface area contributed by atoms with Crippen LogP contribution in [0.3, 0.4) is 0 Å². The van der Waals surface area contributed by atoms with Crippen LogP contribution in [-0.4, -0.2) is 9.85 Å². The number of alkyl halides is 3. The fourth-order valence-electron chi connectivity index (χ4n) is 2.55. The van der Waals surface area contributed by atoms with Crippen molar-refractivity contribution in [1.82, 2.24) is 0 Å². The molecule has 0 unspecified atom stereocenters. The number of hydrogen-bond acceptors (Lipinski definition) is 4. The van der Waals surface area contributed by atoms with Gasteiger partial charge in [0.15, 0.2) is 0 Å². The molecule has 0 aliphatic rings. The number of benzene rings is 2. The van der Waals surface area contributed by atoms with Gasteiger partial charge in [0.1, 0.15) is 5.56 Å². The molecule has 0 N–H and O–H groups in total. The Morgan fingerprint density at radius 3 is 2.04 bits per heavy atom. The Balaban J connectivity index is 3.01. The first-order valence-corrected chi connectivity index (χ1v) is 7.27. The summed E-state index contributed by atoms with van der Waals surface area (Å²) < 4.78 is 39.7. The van der Waals surface area contributed by atoms with Crippen molar-refractivity contribution in [3.63, 3.8) is 0 Å². The van der Waals surface area contributed by atoms with Crippen LogP contribution >= 0.6 is 11.6 Å². The minimum Gasteiger partial charge on any atom is -0.258 e. The smallest absolute Gasteiger partial charge is 0.258 e. The van der Waals surface area contributed by atoms with E-state index in [1.165, 1.54) is 31.2 Å². The summed E-state index contributed by atoms with van der Waals surface area (Å²) in [6.07, 6.45) is -5.27. The normalized spacial score (nSPS) is 11.4. The molecule has 2 aromatic carbocycles. The van der Waals surface area contributed by atoms with Crippen molar-refractivity contribution in [3.8, 4) is 11.1 Å². The van der Waals surface area contributed by atoms with Crippen molar-refractivity contribution in [3.05, 3.63) is 66.7 Å². The Morgan fingerprint density at radius 2 is 1.64 bits per heavy atom. The summed E-state index contributed by atoms with van der Waals surface area (Å²) in [5, 5.41) is 23.1. The molecular formula is C15H10ClF3N2O4. The third-order valence-electron chi connectivity index (χ3n) is 3.56. The van der Waals surface area contributed by atoms with E-state index in [1.54, 1.807) is 0 Å². The molecule has 10 heteroatoms. The molecule has 0 atom stereocenters. The van der Waals surface area contributed by atoms with E-state index < -0.39 is 44.1 Å². The maximum absolute atomic E-state index is 13.2. The largest absolute Gasteiger partial charge is 0.417 e. The molecule has 0 heterocycles. The van der Waals surface area contributed by atoms with Crippen LogP contribution in [0.25, 0.3) is 11.1 Å². The topological polar surface area (TPSA) is 86.3 Å². The van der Waals surface area contributed by atoms with Crippen LogP contribution in [0.5, 0.6) is 0 Å². The van der Waals surface area contributed by atoms with E-state index in [4.69, 9.17) is 11.6 Å². The zero-order chi connectivity index (χ0) is 18.9. The number of halogens is 4. The van der Waals surface area contributed by atoms with Crippen molar-refractivity contribution in [2.45, 2.75) is 19.5 Å². The average Bonchev–Trinajstić information content (AvgIpc) is 2.52. The lowest BCUT2D eigenvalue weighted by Gasteiger charge is -2.15. The first kappa shape index (κ1) is 18.7. The molecule has 0 spiro atoms. The van der Waals surface area contributed by atoms with Gasteiger partial charge in [-0.25, -0.2) is 0 Å². The highest BCUT2D eigenvalue weighted by molar-refractivity contribution is 6.30. The highest BCUT2D eigenvalue weighted by Gasteiger charge is 2.41. The molecule has 0 aliphatic heterocycles. The predicted octanol–water partition coefficient (Wildman–Crippen LogP) is 5.40. The predicted molar refractivity (Wildman–Crippen MR) is 84.6 cm³/mol. The lowest BCUT2D eigenvalue weighted by atomic mass is 9.92. The van der Waals surface area contributed by atoms with E-state index >= 15 is 0 Å². The molecule has 0 saturated carbocycles. The minimum atomic E-state index is -4.96. The summed E-state index contributed by atoms with van der Waals surface area (Å²) in [4.78, 5) is 20.7. The van der Waals surface area contributed by atoms with Gasteiger partial charge in [0.25, 0.3) is 11.4 Å². The third-order valence-corrected chi connectivity index (χ3v) is 3.81. The van der Waals surface area contributed by atoms with E-state index in [1.807, 2.05) is 0 Å². The van der Waals surface area contributed by atoms with Crippen molar-refractivity contribution >= 4 is 23.0 Å². The van der Waals surface area contributed by atoms with E-state index in [0.717, 1.165) is 0 Å². The second-order valence-corrected chi connectivity index (χ2v) is 5.45. The molecule has 0 saturated heterocycles. The Morgan fingerprint density at radius 1 is 1.08 bits per heavy atom. The fourth-order valence-corrected chi connectivity index (χ4v) is 2.68. The van der Waals surface area contributed by atoms with Crippen molar-refractivity contribution in [2.75, 3.05) is 0 Å². The van der Waals surface area contributed by atoms with Crippen LogP contribution in [0.1, 0.15) is 18.1 Å². The van der Waals surface area contributed by atoms with Gasteiger partial charge in [-0.1, -0.05) is 30.7 Å². The van der Waals surface area contributed by atoms with E-state index in [9.17, 15) is 33.4 Å². The van der Waals surface area contributed by atoms with Crippen molar-refractivity contribution in [1.29, 1.82) is 0 Å². The van der Waals surface area contributed by atoms with E-state index in [-0.39, 0.29) is 17.0 Å². The fraction of sp³-hybridized carbons (Fsp3) is 0.200.